The topological polar surface area (TPSA) is 71.1 Å². The fourth-order valence-electron chi connectivity index (χ4n) is 1.56. The summed E-state index contributed by atoms with van der Waals surface area (Å²) in [7, 11) is 0. The number of hydrogen-bond donors (Lipinski definition) is 0. The van der Waals surface area contributed by atoms with Crippen molar-refractivity contribution in [2.45, 2.75) is 0 Å². The first-order chi connectivity index (χ1) is 11.2. The molecule has 2 aromatic carbocycles. The van der Waals surface area contributed by atoms with Crippen LogP contribution in [0.2, 0.25) is 0 Å². The average Bonchev–Trinajstić information content (AvgIpc) is 2.60. The molecule has 0 bridgehead atoms. The Bertz CT molecular complexity index is 561. The van der Waals surface area contributed by atoms with Crippen molar-refractivity contribution in [3.05, 3.63) is 60.7 Å². The van der Waals surface area contributed by atoms with E-state index in [1.165, 1.54) is 0 Å². The molecule has 0 atom stereocenters. The van der Waals surface area contributed by atoms with E-state index < -0.39 is 37.4 Å². The van der Waals surface area contributed by atoms with Gasteiger partial charge in [0.2, 0.25) is 0 Å². The van der Waals surface area contributed by atoms with Gasteiger partial charge >= 0.3 is 147 Å². The van der Waals surface area contributed by atoms with Crippen LogP contribution in [0.1, 0.15) is 0 Å². The average molecular weight is 503 g/mol. The van der Waals surface area contributed by atoms with Crippen LogP contribution in [0.25, 0.3) is 0 Å². The van der Waals surface area contributed by atoms with Gasteiger partial charge < -0.3 is 0 Å². The van der Waals surface area contributed by atoms with E-state index in [0.29, 0.717) is 11.5 Å². The van der Waals surface area contributed by atoms with Crippen molar-refractivity contribution < 1.29 is 49.8 Å². The fraction of sp³-hybridized carbons (Fsp3) is 0.125. The van der Waals surface area contributed by atoms with Crippen LogP contribution < -0.4 is 9.47 Å². The molecule has 2 aromatic rings. The van der Waals surface area contributed by atoms with Gasteiger partial charge in [0.1, 0.15) is 0 Å². The summed E-state index contributed by atoms with van der Waals surface area (Å²) in [6, 6.07) is 17.8. The molecule has 0 aliphatic rings. The van der Waals surface area contributed by atoms with E-state index in [-0.39, 0.29) is 13.2 Å². The van der Waals surface area contributed by atoms with Gasteiger partial charge in [-0.25, -0.2) is 0 Å². The predicted octanol–water partition coefficient (Wildman–Crippen LogP) is 2.14. The van der Waals surface area contributed by atoms with Gasteiger partial charge in [-0.1, -0.05) is 0 Å². The third kappa shape index (κ3) is 7.14. The van der Waals surface area contributed by atoms with Crippen LogP contribution in [0, 0.1) is 0 Å². The number of hydrogen-bond acceptors (Lipinski definition) is 6. The van der Waals surface area contributed by atoms with Crippen LogP contribution in [0.15, 0.2) is 60.7 Å². The van der Waals surface area contributed by atoms with Crippen molar-refractivity contribution in [3.8, 4) is 11.5 Å². The second-order valence-electron chi connectivity index (χ2n) is 4.35. The molecule has 0 aromatic heterocycles. The number of ether oxygens (including phenoxy) is 2. The van der Waals surface area contributed by atoms with Gasteiger partial charge in [-0.05, 0) is 0 Å². The molecule has 0 unspecified atom stereocenters. The van der Waals surface area contributed by atoms with E-state index >= 15 is 0 Å². The molecule has 7 heteroatoms. The minimum absolute atomic E-state index is 0.206. The van der Waals surface area contributed by atoms with E-state index in [1.54, 1.807) is 48.5 Å². The molecule has 2 rings (SSSR count). The molecule has 0 saturated heterocycles. The molecule has 0 spiro atoms. The van der Waals surface area contributed by atoms with Crippen molar-refractivity contribution >= 4 is 11.9 Å². The normalized spacial score (nSPS) is 9.39. The first kappa shape index (κ1) is 17.3. The van der Waals surface area contributed by atoms with Crippen LogP contribution in [-0.2, 0) is 40.4 Å². The molecule has 0 aliphatic heterocycles. The summed E-state index contributed by atoms with van der Waals surface area (Å²) >= 11 is -2.50. The van der Waals surface area contributed by atoms with Gasteiger partial charge in [-0.2, -0.15) is 0 Å². The summed E-state index contributed by atoms with van der Waals surface area (Å²) in [5, 5.41) is 0. The van der Waals surface area contributed by atoms with Crippen molar-refractivity contribution in [2.24, 2.45) is 0 Å². The summed E-state index contributed by atoms with van der Waals surface area (Å²) in [5.41, 5.74) is 0. The van der Waals surface area contributed by atoms with Crippen LogP contribution in [0.3, 0.4) is 0 Å². The van der Waals surface area contributed by atoms with Crippen LogP contribution >= 0.6 is 0 Å². The number of rotatable bonds is 8. The Morgan fingerprint density at radius 3 is 1.48 bits per heavy atom. The van der Waals surface area contributed by atoms with Crippen molar-refractivity contribution in [2.75, 3.05) is 13.2 Å². The third-order valence-corrected chi connectivity index (χ3v) is 6.06. The van der Waals surface area contributed by atoms with Crippen LogP contribution in [-0.4, -0.2) is 25.2 Å². The Labute approximate surface area is 147 Å². The van der Waals surface area contributed by atoms with Gasteiger partial charge in [0.05, 0.1) is 0 Å². The van der Waals surface area contributed by atoms with Gasteiger partial charge in [0, 0.05) is 0 Å². The van der Waals surface area contributed by atoms with E-state index in [2.05, 4.69) is 0 Å². The Balaban J connectivity index is 1.57. The SMILES string of the molecule is O=C(COc1ccccc1)[O][Hg][O]C(=O)COc1ccccc1. The van der Waals surface area contributed by atoms with Crippen molar-refractivity contribution in [1.29, 1.82) is 0 Å². The van der Waals surface area contributed by atoms with Gasteiger partial charge in [0.25, 0.3) is 0 Å². The zero-order valence-electron chi connectivity index (χ0n) is 12.3. The zero-order valence-corrected chi connectivity index (χ0v) is 17.8. The first-order valence-corrected chi connectivity index (χ1v) is 11.4. The van der Waals surface area contributed by atoms with Gasteiger partial charge in [-0.3, -0.25) is 0 Å². The Hall–Kier alpha value is -2.08. The molecule has 116 valence electrons. The van der Waals surface area contributed by atoms with E-state index in [4.69, 9.17) is 14.8 Å². The van der Waals surface area contributed by atoms with E-state index in [1.807, 2.05) is 12.1 Å². The first-order valence-electron chi connectivity index (χ1n) is 6.91. The molecule has 23 heavy (non-hydrogen) atoms. The summed E-state index contributed by atoms with van der Waals surface area (Å²) in [5.74, 6) is 0.0864. The molecular weight excluding hydrogens is 489 g/mol. The number of carbonyl (C=O) groups is 2. The molecule has 0 saturated carbocycles. The molecule has 0 radical (unpaired) electrons. The molecule has 0 heterocycles. The van der Waals surface area contributed by atoms with E-state index in [0.717, 1.165) is 0 Å². The standard InChI is InChI=1S/2C8H8O3.Hg/c2*9-8(10)6-11-7-4-2-1-3-5-7;/h2*1-5H,6H2,(H,9,10);/q;;+2/p-2. The summed E-state index contributed by atoms with van der Waals surface area (Å²) < 4.78 is 20.3. The van der Waals surface area contributed by atoms with Crippen molar-refractivity contribution in [1.82, 2.24) is 0 Å². The van der Waals surface area contributed by atoms with Crippen LogP contribution in [0.4, 0.5) is 0 Å². The van der Waals surface area contributed by atoms with Crippen molar-refractivity contribution in [3.63, 3.8) is 0 Å². The number of para-hydroxylation sites is 2. The molecule has 0 fully saturated rings. The predicted molar refractivity (Wildman–Crippen MR) is 76.1 cm³/mol. The van der Waals surface area contributed by atoms with Crippen LogP contribution in [0.5, 0.6) is 11.5 Å². The maximum absolute atomic E-state index is 11.5. The molecule has 0 amide bonds. The Morgan fingerprint density at radius 1 is 0.696 bits per heavy atom. The second kappa shape index (κ2) is 9.84. The van der Waals surface area contributed by atoms with Gasteiger partial charge in [0.15, 0.2) is 0 Å². The minimum atomic E-state index is -2.50. The number of benzene rings is 2. The Kier molecular flexibility index (Phi) is 7.39. The van der Waals surface area contributed by atoms with Gasteiger partial charge in [-0.15, -0.1) is 0 Å². The van der Waals surface area contributed by atoms with E-state index in [9.17, 15) is 9.59 Å². The molecule has 6 nitrogen and oxygen atoms in total. The number of carbonyl (C=O) groups excluding carboxylic acids is 2. The zero-order chi connectivity index (χ0) is 16.3. The summed E-state index contributed by atoms with van der Waals surface area (Å²) in [6.45, 7) is -0.413. The second-order valence-corrected chi connectivity index (χ2v) is 7.51. The monoisotopic (exact) mass is 504 g/mol. The Morgan fingerprint density at radius 2 is 1.09 bits per heavy atom. The summed E-state index contributed by atoms with van der Waals surface area (Å²) in [6.07, 6.45) is 0. The third-order valence-electron chi connectivity index (χ3n) is 2.64. The molecule has 0 N–H and O–H groups in total. The summed E-state index contributed by atoms with van der Waals surface area (Å²) in [4.78, 5) is 22.9. The fourth-order valence-corrected chi connectivity index (χ4v) is 3.46. The molecule has 0 aliphatic carbocycles. The molecular formula is C16H14HgO6. The maximum atomic E-state index is 11.5. The quantitative estimate of drug-likeness (QED) is 0.515.